The van der Waals surface area contributed by atoms with Gasteiger partial charge in [-0.05, 0) is 38.0 Å². The molecule has 2 aromatic rings. The summed E-state index contributed by atoms with van der Waals surface area (Å²) in [4.78, 5) is 43.1. The highest BCUT2D eigenvalue weighted by molar-refractivity contribution is 5.95. The van der Waals surface area contributed by atoms with Crippen LogP contribution in [0.15, 0.2) is 23.0 Å². The Balaban J connectivity index is 1.93. The topological polar surface area (TPSA) is 81.5 Å². The minimum Gasteiger partial charge on any atom is -0.449 e. The van der Waals surface area contributed by atoms with Crippen molar-refractivity contribution in [3.05, 3.63) is 39.9 Å². The standard InChI is InChI=1S/C20H25N3O4/c1-13(18(24)22(2)3)27-20(26)14-9-10-15-16(12-14)21-17-8-6-4-5-7-11-23(17)19(15)25/h9-10,12-13H,4-8,11H2,1-3H3/t13-/m1/s1. The largest absolute Gasteiger partial charge is 0.449 e. The summed E-state index contributed by atoms with van der Waals surface area (Å²) in [7, 11) is 3.21. The van der Waals surface area contributed by atoms with Crippen molar-refractivity contribution in [2.24, 2.45) is 0 Å². The van der Waals surface area contributed by atoms with Crippen LogP contribution in [0.2, 0.25) is 0 Å². The van der Waals surface area contributed by atoms with Gasteiger partial charge in [0.1, 0.15) is 5.82 Å². The SMILES string of the molecule is C[C@@H](OC(=O)c1ccc2c(=O)n3c(nc2c1)CCCCCC3)C(=O)N(C)C. The van der Waals surface area contributed by atoms with Crippen LogP contribution in [-0.2, 0) is 22.5 Å². The Morgan fingerprint density at radius 1 is 1.19 bits per heavy atom. The van der Waals surface area contributed by atoms with E-state index in [1.54, 1.807) is 36.9 Å². The number of aryl methyl sites for hydroxylation is 1. The number of amides is 1. The van der Waals surface area contributed by atoms with Gasteiger partial charge in [0.2, 0.25) is 0 Å². The molecule has 1 amide bonds. The molecule has 2 heterocycles. The second-order valence-electron chi connectivity index (χ2n) is 7.16. The summed E-state index contributed by atoms with van der Waals surface area (Å²) < 4.78 is 7.01. The number of aromatic nitrogens is 2. The number of hydrogen-bond donors (Lipinski definition) is 0. The molecule has 0 aliphatic carbocycles. The van der Waals surface area contributed by atoms with Crippen molar-refractivity contribution in [3.63, 3.8) is 0 Å². The molecule has 0 spiro atoms. The van der Waals surface area contributed by atoms with Gasteiger partial charge < -0.3 is 9.64 Å². The normalized spacial score (nSPS) is 15.4. The van der Waals surface area contributed by atoms with Crippen LogP contribution in [0.3, 0.4) is 0 Å². The van der Waals surface area contributed by atoms with Gasteiger partial charge in [-0.3, -0.25) is 14.2 Å². The Bertz CT molecular complexity index is 933. The second-order valence-corrected chi connectivity index (χ2v) is 7.16. The molecular weight excluding hydrogens is 346 g/mol. The fourth-order valence-corrected chi connectivity index (χ4v) is 3.36. The number of nitrogens with zero attached hydrogens (tertiary/aromatic N) is 3. The minimum atomic E-state index is -0.877. The third-order valence-corrected chi connectivity index (χ3v) is 4.87. The zero-order chi connectivity index (χ0) is 19.6. The van der Waals surface area contributed by atoms with Crippen LogP contribution in [0.5, 0.6) is 0 Å². The average Bonchev–Trinajstić information content (AvgIpc) is 2.62. The molecule has 1 aliphatic heterocycles. The first-order valence-corrected chi connectivity index (χ1v) is 9.34. The monoisotopic (exact) mass is 371 g/mol. The molecule has 1 aromatic heterocycles. The van der Waals surface area contributed by atoms with Crippen LogP contribution >= 0.6 is 0 Å². The number of esters is 1. The second kappa shape index (κ2) is 7.90. The maximum Gasteiger partial charge on any atom is 0.338 e. The van der Waals surface area contributed by atoms with E-state index in [2.05, 4.69) is 4.98 Å². The number of hydrogen-bond acceptors (Lipinski definition) is 5. The highest BCUT2D eigenvalue weighted by atomic mass is 16.5. The Hall–Kier alpha value is -2.70. The maximum atomic E-state index is 12.8. The zero-order valence-corrected chi connectivity index (χ0v) is 16.0. The van der Waals surface area contributed by atoms with Gasteiger partial charge in [-0.1, -0.05) is 12.8 Å². The molecule has 7 nitrogen and oxygen atoms in total. The highest BCUT2D eigenvalue weighted by Gasteiger charge is 2.21. The van der Waals surface area contributed by atoms with E-state index >= 15 is 0 Å². The summed E-state index contributed by atoms with van der Waals surface area (Å²) in [6.07, 6.45) is 4.12. The van der Waals surface area contributed by atoms with Crippen molar-refractivity contribution in [2.45, 2.75) is 51.7 Å². The number of fused-ring (bicyclic) bond motifs is 2. The Labute approximate surface area is 157 Å². The Morgan fingerprint density at radius 3 is 2.67 bits per heavy atom. The van der Waals surface area contributed by atoms with Crippen molar-refractivity contribution < 1.29 is 14.3 Å². The zero-order valence-electron chi connectivity index (χ0n) is 16.0. The lowest BCUT2D eigenvalue weighted by Crippen LogP contribution is -2.34. The summed E-state index contributed by atoms with van der Waals surface area (Å²) in [6, 6.07) is 4.74. The van der Waals surface area contributed by atoms with E-state index in [4.69, 9.17) is 4.74 Å². The van der Waals surface area contributed by atoms with Gasteiger partial charge >= 0.3 is 5.97 Å². The molecule has 7 heteroatoms. The molecule has 0 saturated carbocycles. The molecule has 1 aliphatic rings. The smallest absolute Gasteiger partial charge is 0.338 e. The molecule has 1 aromatic carbocycles. The van der Waals surface area contributed by atoms with Gasteiger partial charge in [-0.15, -0.1) is 0 Å². The quantitative estimate of drug-likeness (QED) is 0.772. The van der Waals surface area contributed by atoms with Crippen LogP contribution in [0.25, 0.3) is 10.9 Å². The van der Waals surface area contributed by atoms with Crippen LogP contribution in [0, 0.1) is 0 Å². The molecule has 3 rings (SSSR count). The van der Waals surface area contributed by atoms with Crippen LogP contribution < -0.4 is 5.56 Å². The number of carbonyl (C=O) groups excluding carboxylic acids is 2. The van der Waals surface area contributed by atoms with Gasteiger partial charge in [0.25, 0.3) is 11.5 Å². The van der Waals surface area contributed by atoms with E-state index in [0.29, 0.717) is 17.4 Å². The molecular formula is C20H25N3O4. The number of benzene rings is 1. The third kappa shape index (κ3) is 4.02. The van der Waals surface area contributed by atoms with E-state index in [-0.39, 0.29) is 17.0 Å². The molecule has 0 bridgehead atoms. The summed E-state index contributed by atoms with van der Waals surface area (Å²) in [5, 5.41) is 0.494. The predicted molar refractivity (Wildman–Crippen MR) is 102 cm³/mol. The van der Waals surface area contributed by atoms with E-state index < -0.39 is 12.1 Å². The maximum absolute atomic E-state index is 12.8. The summed E-state index contributed by atoms with van der Waals surface area (Å²) in [6.45, 7) is 2.22. The average molecular weight is 371 g/mol. The van der Waals surface area contributed by atoms with E-state index in [9.17, 15) is 14.4 Å². The molecule has 1 atom stereocenters. The first-order valence-electron chi connectivity index (χ1n) is 9.34. The Kier molecular flexibility index (Phi) is 5.58. The fraction of sp³-hybridized carbons (Fsp3) is 0.500. The Morgan fingerprint density at radius 2 is 1.93 bits per heavy atom. The molecule has 27 heavy (non-hydrogen) atoms. The molecule has 0 N–H and O–H groups in total. The van der Waals surface area contributed by atoms with Gasteiger partial charge in [0.05, 0.1) is 16.5 Å². The summed E-state index contributed by atoms with van der Waals surface area (Å²) in [5.74, 6) is -0.121. The highest BCUT2D eigenvalue weighted by Crippen LogP contribution is 2.17. The fourth-order valence-electron chi connectivity index (χ4n) is 3.36. The summed E-state index contributed by atoms with van der Waals surface area (Å²) in [5.41, 5.74) is 0.712. The lowest BCUT2D eigenvalue weighted by molar-refractivity contribution is -0.137. The molecule has 0 saturated heterocycles. The van der Waals surface area contributed by atoms with Crippen LogP contribution in [-0.4, -0.2) is 46.5 Å². The van der Waals surface area contributed by atoms with E-state index in [1.165, 1.54) is 11.8 Å². The van der Waals surface area contributed by atoms with Crippen molar-refractivity contribution >= 4 is 22.8 Å². The molecule has 144 valence electrons. The number of likely N-dealkylation sites (N-methyl/N-ethyl adjacent to an activating group) is 1. The third-order valence-electron chi connectivity index (χ3n) is 4.87. The van der Waals surface area contributed by atoms with E-state index in [1.807, 2.05) is 0 Å². The van der Waals surface area contributed by atoms with Crippen molar-refractivity contribution in [1.82, 2.24) is 14.5 Å². The van der Waals surface area contributed by atoms with Crippen LogP contribution in [0.4, 0.5) is 0 Å². The first kappa shape index (κ1) is 19.1. The number of ether oxygens (including phenoxy) is 1. The van der Waals surface area contributed by atoms with Crippen molar-refractivity contribution in [2.75, 3.05) is 14.1 Å². The van der Waals surface area contributed by atoms with Gasteiger partial charge in [0, 0.05) is 27.1 Å². The lowest BCUT2D eigenvalue weighted by atomic mass is 10.1. The van der Waals surface area contributed by atoms with Crippen molar-refractivity contribution in [3.8, 4) is 0 Å². The number of rotatable bonds is 3. The first-order chi connectivity index (χ1) is 12.9. The van der Waals surface area contributed by atoms with E-state index in [0.717, 1.165) is 37.9 Å². The lowest BCUT2D eigenvalue weighted by Gasteiger charge is -2.18. The minimum absolute atomic E-state index is 0.0621. The van der Waals surface area contributed by atoms with Gasteiger partial charge in [-0.2, -0.15) is 0 Å². The van der Waals surface area contributed by atoms with Gasteiger partial charge in [0.15, 0.2) is 6.10 Å². The number of carbonyl (C=O) groups is 2. The predicted octanol–water partition coefficient (Wildman–Crippen LogP) is 2.15. The molecule has 0 fully saturated rings. The van der Waals surface area contributed by atoms with Crippen LogP contribution in [0.1, 0.15) is 48.8 Å². The molecule has 0 unspecified atom stereocenters. The van der Waals surface area contributed by atoms with Gasteiger partial charge in [-0.25, -0.2) is 9.78 Å². The molecule has 0 radical (unpaired) electrons. The van der Waals surface area contributed by atoms with Crippen molar-refractivity contribution in [1.29, 1.82) is 0 Å². The summed E-state index contributed by atoms with van der Waals surface area (Å²) >= 11 is 0.